The molecule has 3 aliphatic rings. The van der Waals surface area contributed by atoms with Gasteiger partial charge in [-0.25, -0.2) is 8.78 Å². The van der Waals surface area contributed by atoms with Crippen molar-refractivity contribution in [2.24, 2.45) is 5.16 Å². The monoisotopic (exact) mass is 516 g/mol. The summed E-state index contributed by atoms with van der Waals surface area (Å²) in [6.45, 7) is 3.08. The van der Waals surface area contributed by atoms with Crippen molar-refractivity contribution >= 4 is 17.7 Å². The maximum Gasteiger partial charge on any atom is 0.274 e. The van der Waals surface area contributed by atoms with Gasteiger partial charge in [0, 0.05) is 30.9 Å². The van der Waals surface area contributed by atoms with Crippen LogP contribution in [0.4, 0.5) is 8.78 Å². The van der Waals surface area contributed by atoms with E-state index in [1.807, 2.05) is 6.92 Å². The highest BCUT2D eigenvalue weighted by atomic mass is 19.1. The van der Waals surface area contributed by atoms with E-state index in [2.05, 4.69) is 10.5 Å². The molecule has 2 amide bonds. The van der Waals surface area contributed by atoms with Crippen molar-refractivity contribution in [3.8, 4) is 5.75 Å². The molecule has 0 saturated carbocycles. The molecule has 4 heterocycles. The number of aryl methyl sites for hydroxylation is 1. The summed E-state index contributed by atoms with van der Waals surface area (Å²) in [5.41, 5.74) is -2.72. The number of methoxy groups -OCH3 is 1. The van der Waals surface area contributed by atoms with Gasteiger partial charge in [0.25, 0.3) is 11.8 Å². The van der Waals surface area contributed by atoms with Crippen molar-refractivity contribution in [2.75, 3.05) is 13.7 Å². The molecule has 12 heteroatoms. The summed E-state index contributed by atoms with van der Waals surface area (Å²) in [5, 5.41) is 17.2. The number of aromatic hydroxyl groups is 1. The number of carbonyl (C=O) groups is 2. The molecule has 1 aromatic heterocycles. The van der Waals surface area contributed by atoms with E-state index >= 15 is 0 Å². The zero-order chi connectivity index (χ0) is 26.6. The van der Waals surface area contributed by atoms with Crippen LogP contribution in [0.3, 0.4) is 0 Å². The first-order valence-electron chi connectivity index (χ1n) is 11.9. The average molecular weight is 517 g/mol. The molecule has 2 bridgehead atoms. The lowest BCUT2D eigenvalue weighted by molar-refractivity contribution is -0.0655. The highest BCUT2D eigenvalue weighted by molar-refractivity contribution is 5.99. The molecular weight excluding hydrogens is 490 g/mol. The summed E-state index contributed by atoms with van der Waals surface area (Å²) in [6.07, 6.45) is 2.57. The minimum absolute atomic E-state index is 0.197. The average Bonchev–Trinajstić information content (AvgIpc) is 3.23. The number of amides is 2. The molecule has 196 valence electrons. The van der Waals surface area contributed by atoms with Crippen LogP contribution in [0, 0.1) is 18.6 Å². The standard InChI is InChI=1S/C25H26F2N4O6/c1-12-6-16(26)14(17(27)7-12)9-28-23(34)15-10-31-18-11-30(24(35)20(31)22(33)21(15)32)13(2)4-5-25(18)8-19(36-3)29-37-25/h6-7,10,13,18,33H,4-5,8-9,11H2,1-3H3,(H,28,34)/t13-,18+,25-/m0/s1. The van der Waals surface area contributed by atoms with Crippen LogP contribution in [-0.2, 0) is 16.1 Å². The van der Waals surface area contributed by atoms with E-state index in [0.29, 0.717) is 30.7 Å². The molecule has 1 fully saturated rings. The van der Waals surface area contributed by atoms with Crippen molar-refractivity contribution in [1.29, 1.82) is 0 Å². The van der Waals surface area contributed by atoms with E-state index in [1.54, 1.807) is 4.90 Å². The van der Waals surface area contributed by atoms with Gasteiger partial charge < -0.3 is 29.5 Å². The van der Waals surface area contributed by atoms with Crippen LogP contribution >= 0.6 is 0 Å². The second-order valence-corrected chi connectivity index (χ2v) is 9.75. The topological polar surface area (TPSA) is 122 Å². The van der Waals surface area contributed by atoms with Gasteiger partial charge in [0.2, 0.25) is 11.3 Å². The Morgan fingerprint density at radius 3 is 2.68 bits per heavy atom. The fourth-order valence-electron chi connectivity index (χ4n) is 5.35. The summed E-state index contributed by atoms with van der Waals surface area (Å²) < 4.78 is 35.1. The number of fused-ring (bicyclic) bond motifs is 5. The lowest BCUT2D eigenvalue weighted by Crippen LogP contribution is -2.52. The lowest BCUT2D eigenvalue weighted by Gasteiger charge is -2.41. The van der Waals surface area contributed by atoms with E-state index in [0.717, 1.165) is 12.1 Å². The van der Waals surface area contributed by atoms with Crippen molar-refractivity contribution < 1.29 is 33.1 Å². The molecule has 10 nitrogen and oxygen atoms in total. The number of benzene rings is 1. The summed E-state index contributed by atoms with van der Waals surface area (Å²) in [4.78, 5) is 46.7. The summed E-state index contributed by atoms with van der Waals surface area (Å²) in [7, 11) is 1.47. The number of aromatic nitrogens is 1. The third-order valence-corrected chi connectivity index (χ3v) is 7.47. The second kappa shape index (κ2) is 8.86. The molecule has 0 unspecified atom stereocenters. The molecule has 1 aromatic carbocycles. The van der Waals surface area contributed by atoms with Crippen molar-refractivity contribution in [2.45, 2.75) is 57.3 Å². The van der Waals surface area contributed by atoms with Crippen molar-refractivity contribution in [3.63, 3.8) is 0 Å². The molecule has 5 rings (SSSR count). The number of halogens is 2. The highest BCUT2D eigenvalue weighted by Crippen LogP contribution is 2.46. The van der Waals surface area contributed by atoms with Crippen LogP contribution in [0.15, 0.2) is 28.3 Å². The number of ether oxygens (including phenoxy) is 1. The van der Waals surface area contributed by atoms with Gasteiger partial charge in [-0.2, -0.15) is 0 Å². The molecule has 1 saturated heterocycles. The van der Waals surface area contributed by atoms with Gasteiger partial charge in [0.1, 0.15) is 17.2 Å². The normalized spacial score (nSPS) is 24.3. The molecule has 37 heavy (non-hydrogen) atoms. The van der Waals surface area contributed by atoms with Gasteiger partial charge in [-0.1, -0.05) is 5.16 Å². The first-order chi connectivity index (χ1) is 17.6. The number of pyridine rings is 1. The molecule has 3 aliphatic heterocycles. The minimum Gasteiger partial charge on any atom is -0.503 e. The Labute approximate surface area is 210 Å². The zero-order valence-corrected chi connectivity index (χ0v) is 20.5. The van der Waals surface area contributed by atoms with Gasteiger partial charge in [0.05, 0.1) is 19.6 Å². The van der Waals surface area contributed by atoms with Crippen LogP contribution in [-0.4, -0.2) is 57.6 Å². The zero-order valence-electron chi connectivity index (χ0n) is 20.5. The molecule has 2 aromatic rings. The Morgan fingerprint density at radius 1 is 1.32 bits per heavy atom. The highest BCUT2D eigenvalue weighted by Gasteiger charge is 2.54. The van der Waals surface area contributed by atoms with Gasteiger partial charge in [-0.3, -0.25) is 14.4 Å². The van der Waals surface area contributed by atoms with E-state index < -0.39 is 58.4 Å². The SMILES string of the molecule is COC1=NO[C@@]2(CC[C@H](C)N3C[C@H]2n2cc(C(=O)NCc4c(F)cc(C)cc4F)c(=O)c(O)c2C3=O)C1. The number of oxime groups is 1. The Bertz CT molecular complexity index is 1380. The number of rotatable bonds is 3. The Kier molecular flexibility index (Phi) is 5.92. The second-order valence-electron chi connectivity index (χ2n) is 9.75. The van der Waals surface area contributed by atoms with Crippen LogP contribution in [0.25, 0.3) is 0 Å². The molecule has 2 N–H and O–H groups in total. The van der Waals surface area contributed by atoms with Gasteiger partial charge in [-0.05, 0) is 44.4 Å². The third kappa shape index (κ3) is 3.91. The summed E-state index contributed by atoms with van der Waals surface area (Å²) in [6, 6.07) is 1.46. The molecule has 0 radical (unpaired) electrons. The van der Waals surface area contributed by atoms with Gasteiger partial charge >= 0.3 is 0 Å². The molecule has 0 aliphatic carbocycles. The fraction of sp³-hybridized carbons (Fsp3) is 0.440. The predicted molar refractivity (Wildman–Crippen MR) is 126 cm³/mol. The van der Waals surface area contributed by atoms with Crippen LogP contribution < -0.4 is 10.7 Å². The van der Waals surface area contributed by atoms with E-state index in [9.17, 15) is 28.3 Å². The van der Waals surface area contributed by atoms with Crippen LogP contribution in [0.2, 0.25) is 0 Å². The van der Waals surface area contributed by atoms with Crippen molar-refractivity contribution in [1.82, 2.24) is 14.8 Å². The summed E-state index contributed by atoms with van der Waals surface area (Å²) in [5.74, 6) is -3.69. The number of nitrogens with one attached hydrogen (secondary N) is 1. The first kappa shape index (κ1) is 24.7. The molecule has 1 spiro atoms. The summed E-state index contributed by atoms with van der Waals surface area (Å²) >= 11 is 0. The largest absolute Gasteiger partial charge is 0.503 e. The van der Waals surface area contributed by atoms with E-state index in [4.69, 9.17) is 9.57 Å². The molecule has 3 atom stereocenters. The number of hydrogen-bond acceptors (Lipinski definition) is 7. The Hall–Kier alpha value is -3.96. The molecular formula is C25H26F2N4O6. The van der Waals surface area contributed by atoms with Crippen LogP contribution in [0.5, 0.6) is 5.75 Å². The Morgan fingerprint density at radius 2 is 2.03 bits per heavy atom. The quantitative estimate of drug-likeness (QED) is 0.646. The number of carbonyl (C=O) groups excluding carboxylic acids is 2. The lowest BCUT2D eigenvalue weighted by atomic mass is 9.85. The fourth-order valence-corrected chi connectivity index (χ4v) is 5.35. The van der Waals surface area contributed by atoms with Crippen LogP contribution in [0.1, 0.15) is 64.2 Å². The number of nitrogens with zero attached hydrogens (tertiary/aromatic N) is 3. The van der Waals surface area contributed by atoms with Crippen molar-refractivity contribution in [3.05, 3.63) is 62.6 Å². The third-order valence-electron chi connectivity index (χ3n) is 7.47. The van der Waals surface area contributed by atoms with Gasteiger partial charge in [0.15, 0.2) is 17.0 Å². The van der Waals surface area contributed by atoms with Gasteiger partial charge in [-0.15, -0.1) is 0 Å². The maximum absolute atomic E-state index is 14.2. The number of hydrogen-bond donors (Lipinski definition) is 2. The first-order valence-corrected chi connectivity index (χ1v) is 11.9. The van der Waals surface area contributed by atoms with E-state index in [-0.39, 0.29) is 23.8 Å². The minimum atomic E-state index is -1.07. The van der Waals surface area contributed by atoms with E-state index in [1.165, 1.54) is 24.8 Å². The Balaban J connectivity index is 1.55. The maximum atomic E-state index is 14.2. The predicted octanol–water partition coefficient (Wildman–Crippen LogP) is 2.37. The smallest absolute Gasteiger partial charge is 0.274 e.